The minimum atomic E-state index is -0.328. The monoisotopic (exact) mass is 456 g/mol. The van der Waals surface area contributed by atoms with Crippen LogP contribution in [0.2, 0.25) is 0 Å². The zero-order valence-corrected chi connectivity index (χ0v) is 18.0. The summed E-state index contributed by atoms with van der Waals surface area (Å²) in [6, 6.07) is 9.72. The first-order valence-corrected chi connectivity index (χ1v) is 11.0. The molecule has 3 aromatic heterocycles. The number of nitrogens with zero attached hydrogens (tertiary/aromatic N) is 2. The van der Waals surface area contributed by atoms with E-state index in [1.165, 1.54) is 41.7 Å². The number of benzene rings is 1. The predicted octanol–water partition coefficient (Wildman–Crippen LogP) is 4.48. The number of thiazole rings is 2. The predicted molar refractivity (Wildman–Crippen MR) is 117 cm³/mol. The molecule has 0 saturated carbocycles. The Morgan fingerprint density at radius 1 is 1.13 bits per heavy atom. The van der Waals surface area contributed by atoms with Gasteiger partial charge in [0, 0.05) is 23.2 Å². The molecule has 3 heterocycles. The fourth-order valence-corrected chi connectivity index (χ4v) is 4.27. The van der Waals surface area contributed by atoms with E-state index in [0.29, 0.717) is 45.2 Å². The van der Waals surface area contributed by atoms with Crippen molar-refractivity contribution in [3.8, 4) is 22.0 Å². The molecule has 2 N–H and O–H groups in total. The van der Waals surface area contributed by atoms with Crippen LogP contribution in [0.3, 0.4) is 0 Å². The topological polar surface area (TPSA) is 97.1 Å². The zero-order valence-electron chi connectivity index (χ0n) is 16.3. The summed E-state index contributed by atoms with van der Waals surface area (Å²) in [5.74, 6) is 0.450. The molecular weight excluding hydrogens is 439 g/mol. The normalized spacial score (nSPS) is 10.8. The number of hydrogen-bond acceptors (Lipinski definition) is 7. The minimum Gasteiger partial charge on any atom is -0.458 e. The number of halogens is 1. The summed E-state index contributed by atoms with van der Waals surface area (Å²) in [4.78, 5) is 32.2. The second kappa shape index (κ2) is 9.19. The molecule has 0 fully saturated rings. The molecule has 0 aliphatic rings. The Morgan fingerprint density at radius 3 is 2.81 bits per heavy atom. The van der Waals surface area contributed by atoms with Crippen LogP contribution in [0.25, 0.3) is 22.0 Å². The van der Waals surface area contributed by atoms with E-state index < -0.39 is 0 Å². The number of aromatic nitrogens is 2. The third-order valence-corrected chi connectivity index (χ3v) is 5.84. The summed E-state index contributed by atoms with van der Waals surface area (Å²) in [5, 5.41) is 10.1. The van der Waals surface area contributed by atoms with Crippen LogP contribution in [0.1, 0.15) is 18.4 Å². The summed E-state index contributed by atoms with van der Waals surface area (Å²) in [5.41, 5.74) is 1.88. The van der Waals surface area contributed by atoms with Crippen LogP contribution in [0, 0.1) is 5.82 Å². The second-order valence-electron chi connectivity index (χ2n) is 6.59. The third kappa shape index (κ3) is 5.41. The molecule has 0 radical (unpaired) electrons. The van der Waals surface area contributed by atoms with Crippen molar-refractivity contribution in [3.05, 3.63) is 64.4 Å². The van der Waals surface area contributed by atoms with Crippen molar-refractivity contribution in [1.82, 2.24) is 15.3 Å². The van der Waals surface area contributed by atoms with Gasteiger partial charge in [-0.3, -0.25) is 9.59 Å². The van der Waals surface area contributed by atoms with Gasteiger partial charge in [0.25, 0.3) is 0 Å². The SMILES string of the molecule is CC(=O)NCc1ccc(-c2csc(NC(=O)Cc3csc(-c4cccc(F)c4)n3)n2)o1. The van der Waals surface area contributed by atoms with Crippen LogP contribution in [0.4, 0.5) is 9.52 Å². The van der Waals surface area contributed by atoms with E-state index in [9.17, 15) is 14.0 Å². The smallest absolute Gasteiger partial charge is 0.232 e. The lowest BCUT2D eigenvalue weighted by atomic mass is 10.2. The van der Waals surface area contributed by atoms with Gasteiger partial charge in [0.05, 0.1) is 18.7 Å². The molecule has 4 aromatic rings. The first kappa shape index (κ1) is 20.9. The second-order valence-corrected chi connectivity index (χ2v) is 8.31. The molecule has 0 atom stereocenters. The summed E-state index contributed by atoms with van der Waals surface area (Å²) in [6.45, 7) is 1.74. The molecule has 1 aromatic carbocycles. The molecule has 0 spiro atoms. The Balaban J connectivity index is 1.36. The Hall–Kier alpha value is -3.37. The molecule has 2 amide bonds. The van der Waals surface area contributed by atoms with Crippen molar-refractivity contribution >= 4 is 39.6 Å². The van der Waals surface area contributed by atoms with Gasteiger partial charge >= 0.3 is 0 Å². The van der Waals surface area contributed by atoms with Gasteiger partial charge in [0.1, 0.15) is 22.3 Å². The Labute approximate surface area is 185 Å². The van der Waals surface area contributed by atoms with Gasteiger partial charge in [-0.05, 0) is 24.3 Å². The third-order valence-electron chi connectivity index (χ3n) is 4.14. The minimum absolute atomic E-state index is 0.0857. The van der Waals surface area contributed by atoms with Gasteiger partial charge in [-0.25, -0.2) is 14.4 Å². The first-order valence-electron chi connectivity index (χ1n) is 9.25. The number of hydrogen-bond donors (Lipinski definition) is 2. The molecule has 4 rings (SSSR count). The fourth-order valence-electron chi connectivity index (χ4n) is 2.74. The van der Waals surface area contributed by atoms with Crippen molar-refractivity contribution < 1.29 is 18.4 Å². The molecule has 0 aliphatic heterocycles. The lowest BCUT2D eigenvalue weighted by Crippen LogP contribution is -2.18. The first-order chi connectivity index (χ1) is 15.0. The zero-order chi connectivity index (χ0) is 21.8. The van der Waals surface area contributed by atoms with Crippen LogP contribution >= 0.6 is 22.7 Å². The number of anilines is 1. The summed E-state index contributed by atoms with van der Waals surface area (Å²) < 4.78 is 19.1. The number of amides is 2. The molecule has 0 bridgehead atoms. The van der Waals surface area contributed by atoms with E-state index in [-0.39, 0.29) is 24.1 Å². The van der Waals surface area contributed by atoms with Crippen molar-refractivity contribution in [2.45, 2.75) is 19.9 Å². The Bertz CT molecular complexity index is 1230. The molecular formula is C21H17FN4O3S2. The van der Waals surface area contributed by atoms with Crippen LogP contribution in [-0.4, -0.2) is 21.8 Å². The molecule has 0 unspecified atom stereocenters. The molecule has 0 saturated heterocycles. The van der Waals surface area contributed by atoms with Gasteiger partial charge in [-0.15, -0.1) is 22.7 Å². The maximum absolute atomic E-state index is 13.4. The summed E-state index contributed by atoms with van der Waals surface area (Å²) in [6.07, 6.45) is 0.0857. The molecule has 10 heteroatoms. The average Bonchev–Trinajstić information content (AvgIpc) is 3.47. The van der Waals surface area contributed by atoms with Crippen LogP contribution in [-0.2, 0) is 22.6 Å². The van der Waals surface area contributed by atoms with E-state index in [4.69, 9.17) is 4.42 Å². The highest BCUT2D eigenvalue weighted by Gasteiger charge is 2.14. The van der Waals surface area contributed by atoms with Crippen molar-refractivity contribution in [2.75, 3.05) is 5.32 Å². The molecule has 31 heavy (non-hydrogen) atoms. The number of rotatable bonds is 7. The van der Waals surface area contributed by atoms with Crippen molar-refractivity contribution in [3.63, 3.8) is 0 Å². The van der Waals surface area contributed by atoms with E-state index in [1.807, 2.05) is 0 Å². The van der Waals surface area contributed by atoms with Crippen LogP contribution in [0.5, 0.6) is 0 Å². The van der Waals surface area contributed by atoms with Crippen LogP contribution < -0.4 is 10.6 Å². The highest BCUT2D eigenvalue weighted by atomic mass is 32.1. The lowest BCUT2D eigenvalue weighted by Gasteiger charge is -1.99. The van der Waals surface area contributed by atoms with Crippen molar-refractivity contribution in [1.29, 1.82) is 0 Å². The van der Waals surface area contributed by atoms with E-state index >= 15 is 0 Å². The lowest BCUT2D eigenvalue weighted by molar-refractivity contribution is -0.119. The van der Waals surface area contributed by atoms with Gasteiger partial charge in [0.15, 0.2) is 10.9 Å². The quantitative estimate of drug-likeness (QED) is 0.427. The van der Waals surface area contributed by atoms with Crippen LogP contribution in [0.15, 0.2) is 51.6 Å². The van der Waals surface area contributed by atoms with Gasteiger partial charge < -0.3 is 15.1 Å². The van der Waals surface area contributed by atoms with Gasteiger partial charge in [-0.2, -0.15) is 0 Å². The Morgan fingerprint density at radius 2 is 2.00 bits per heavy atom. The highest BCUT2D eigenvalue weighted by Crippen LogP contribution is 2.27. The van der Waals surface area contributed by atoms with E-state index in [2.05, 4.69) is 20.6 Å². The average molecular weight is 457 g/mol. The number of furan rings is 1. The fraction of sp³-hybridized carbons (Fsp3) is 0.143. The standard InChI is InChI=1S/C21H17FN4O3S2/c1-12(27)23-9-16-5-6-18(29-16)17-11-31-21(25-17)26-19(28)8-15-10-30-20(24-15)13-3-2-4-14(22)7-13/h2-7,10-11H,8-9H2,1H3,(H,23,27)(H,25,26,28). The highest BCUT2D eigenvalue weighted by molar-refractivity contribution is 7.14. The largest absolute Gasteiger partial charge is 0.458 e. The maximum atomic E-state index is 13.4. The van der Waals surface area contributed by atoms with E-state index in [1.54, 1.807) is 35.0 Å². The number of carbonyl (C=O) groups excluding carboxylic acids is 2. The summed E-state index contributed by atoms with van der Waals surface area (Å²) in [7, 11) is 0. The molecule has 158 valence electrons. The van der Waals surface area contributed by atoms with Gasteiger partial charge in [0.2, 0.25) is 11.8 Å². The maximum Gasteiger partial charge on any atom is 0.232 e. The number of carbonyl (C=O) groups is 2. The summed E-state index contributed by atoms with van der Waals surface area (Å²) >= 11 is 2.64. The van der Waals surface area contributed by atoms with E-state index in [0.717, 1.165) is 0 Å². The number of nitrogens with one attached hydrogen (secondary N) is 2. The van der Waals surface area contributed by atoms with Crippen molar-refractivity contribution in [2.24, 2.45) is 0 Å². The molecule has 0 aliphatic carbocycles. The van der Waals surface area contributed by atoms with Gasteiger partial charge in [-0.1, -0.05) is 12.1 Å². The molecule has 7 nitrogen and oxygen atoms in total. The Kier molecular flexibility index (Phi) is 6.19.